The normalized spacial score (nSPS) is 10.4. The summed E-state index contributed by atoms with van der Waals surface area (Å²) in [6, 6.07) is 17.9. The van der Waals surface area contributed by atoms with Crippen LogP contribution in [0.5, 0.6) is 5.75 Å². The third kappa shape index (κ3) is 4.75. The third-order valence-corrected chi connectivity index (χ3v) is 4.51. The molecule has 0 aliphatic carbocycles. The maximum absolute atomic E-state index is 8.99. The quantitative estimate of drug-likeness (QED) is 0.648. The Morgan fingerprint density at radius 3 is 2.59 bits per heavy atom. The summed E-state index contributed by atoms with van der Waals surface area (Å²) in [5.74, 6) is 0.880. The number of nitrogens with zero attached hydrogens (tertiary/aromatic N) is 3. The molecule has 0 aliphatic heterocycles. The van der Waals surface area contributed by atoms with Gasteiger partial charge in [-0.05, 0) is 29.7 Å². The van der Waals surface area contributed by atoms with E-state index in [1.54, 1.807) is 0 Å². The van der Waals surface area contributed by atoms with E-state index in [9.17, 15) is 0 Å². The summed E-state index contributed by atoms with van der Waals surface area (Å²) in [4.78, 5) is 8.25. The number of benzene rings is 2. The highest BCUT2D eigenvalue weighted by molar-refractivity contribution is 6.30. The van der Waals surface area contributed by atoms with E-state index in [0.717, 1.165) is 33.7 Å². The number of anilines is 1. The minimum atomic E-state index is 0.158. The van der Waals surface area contributed by atoms with E-state index >= 15 is 0 Å². The maximum Gasteiger partial charge on any atom is 0.221 e. The number of rotatable bonds is 6. The predicted molar refractivity (Wildman–Crippen MR) is 106 cm³/mol. The third-order valence-electron chi connectivity index (χ3n) is 4.20. The molecule has 6 heteroatoms. The zero-order valence-electron chi connectivity index (χ0n) is 14.9. The first-order chi connectivity index (χ1) is 13.1. The van der Waals surface area contributed by atoms with Gasteiger partial charge < -0.3 is 10.5 Å². The van der Waals surface area contributed by atoms with Gasteiger partial charge in [-0.1, -0.05) is 54.1 Å². The number of nitriles is 1. The fourth-order valence-corrected chi connectivity index (χ4v) is 3.08. The molecular formula is C21H19ClN4O. The van der Waals surface area contributed by atoms with Crippen LogP contribution in [0.2, 0.25) is 5.15 Å². The fourth-order valence-electron chi connectivity index (χ4n) is 2.79. The van der Waals surface area contributed by atoms with Gasteiger partial charge in [0.2, 0.25) is 5.95 Å². The predicted octanol–water partition coefficient (Wildman–Crippen LogP) is 4.26. The standard InChI is InChI=1S/C21H19ClN4O/c1-14-18(20(22)26-21(24)25-14)12-17-8-7-15(9-10-23)11-19(17)27-13-16-5-3-2-4-6-16/h2-8,11H,9,12-13H2,1H3,(H2,24,25,26). The molecule has 2 N–H and O–H groups in total. The Balaban J connectivity index is 1.91. The molecule has 0 saturated heterocycles. The van der Waals surface area contributed by atoms with E-state index in [1.165, 1.54) is 0 Å². The number of nitrogens with two attached hydrogens (primary N) is 1. The van der Waals surface area contributed by atoms with Gasteiger partial charge >= 0.3 is 0 Å². The molecule has 0 bridgehead atoms. The Morgan fingerprint density at radius 2 is 1.89 bits per heavy atom. The molecule has 0 amide bonds. The summed E-state index contributed by atoms with van der Waals surface area (Å²) in [5.41, 5.74) is 10.1. The average Bonchev–Trinajstić information content (AvgIpc) is 2.65. The van der Waals surface area contributed by atoms with Gasteiger partial charge in [0.05, 0.1) is 12.5 Å². The molecule has 1 aromatic heterocycles. The van der Waals surface area contributed by atoms with Crippen molar-refractivity contribution in [2.24, 2.45) is 0 Å². The molecular weight excluding hydrogens is 360 g/mol. The second-order valence-corrected chi connectivity index (χ2v) is 6.52. The molecule has 0 spiro atoms. The van der Waals surface area contributed by atoms with E-state index in [2.05, 4.69) is 16.0 Å². The van der Waals surface area contributed by atoms with Crippen molar-refractivity contribution < 1.29 is 4.74 Å². The Kier molecular flexibility index (Phi) is 5.90. The molecule has 0 atom stereocenters. The highest BCUT2D eigenvalue weighted by atomic mass is 35.5. The summed E-state index contributed by atoms with van der Waals surface area (Å²) in [6.07, 6.45) is 0.842. The van der Waals surface area contributed by atoms with Crippen molar-refractivity contribution in [3.63, 3.8) is 0 Å². The molecule has 0 fully saturated rings. The largest absolute Gasteiger partial charge is 0.489 e. The van der Waals surface area contributed by atoms with Crippen molar-refractivity contribution in [3.8, 4) is 11.8 Å². The molecule has 0 radical (unpaired) electrons. The Labute approximate surface area is 163 Å². The lowest BCUT2D eigenvalue weighted by Gasteiger charge is -2.14. The van der Waals surface area contributed by atoms with Gasteiger partial charge in [-0.15, -0.1) is 0 Å². The fraction of sp³-hybridized carbons (Fsp3) is 0.190. The number of halogens is 1. The van der Waals surface area contributed by atoms with E-state index in [4.69, 9.17) is 27.3 Å². The number of hydrogen-bond donors (Lipinski definition) is 1. The van der Waals surface area contributed by atoms with Crippen molar-refractivity contribution in [2.75, 3.05) is 5.73 Å². The van der Waals surface area contributed by atoms with Crippen LogP contribution in [0.25, 0.3) is 0 Å². The monoisotopic (exact) mass is 378 g/mol. The van der Waals surface area contributed by atoms with Crippen LogP contribution in [-0.4, -0.2) is 9.97 Å². The van der Waals surface area contributed by atoms with Crippen molar-refractivity contribution in [2.45, 2.75) is 26.4 Å². The number of aromatic nitrogens is 2. The van der Waals surface area contributed by atoms with Crippen LogP contribution >= 0.6 is 11.6 Å². The lowest BCUT2D eigenvalue weighted by atomic mass is 10.0. The molecule has 0 saturated carbocycles. The first kappa shape index (κ1) is 18.7. The minimum Gasteiger partial charge on any atom is -0.489 e. The lowest BCUT2D eigenvalue weighted by Crippen LogP contribution is -2.05. The summed E-state index contributed by atoms with van der Waals surface area (Å²) < 4.78 is 6.07. The number of hydrogen-bond acceptors (Lipinski definition) is 5. The molecule has 3 aromatic rings. The summed E-state index contributed by atoms with van der Waals surface area (Å²) >= 11 is 6.28. The number of ether oxygens (including phenoxy) is 1. The first-order valence-corrected chi connectivity index (χ1v) is 8.88. The van der Waals surface area contributed by atoms with E-state index in [1.807, 2.05) is 55.5 Å². The van der Waals surface area contributed by atoms with E-state index < -0.39 is 0 Å². The zero-order valence-corrected chi connectivity index (χ0v) is 15.7. The summed E-state index contributed by atoms with van der Waals surface area (Å²) in [7, 11) is 0. The van der Waals surface area contributed by atoms with Crippen molar-refractivity contribution >= 4 is 17.5 Å². The maximum atomic E-state index is 8.99. The number of aryl methyl sites for hydroxylation is 1. The Morgan fingerprint density at radius 1 is 1.11 bits per heavy atom. The van der Waals surface area contributed by atoms with Gasteiger partial charge in [0, 0.05) is 17.7 Å². The van der Waals surface area contributed by atoms with Gasteiger partial charge in [0.1, 0.15) is 17.5 Å². The lowest BCUT2D eigenvalue weighted by molar-refractivity contribution is 0.303. The van der Waals surface area contributed by atoms with Crippen LogP contribution in [0, 0.1) is 18.3 Å². The molecule has 27 heavy (non-hydrogen) atoms. The molecule has 136 valence electrons. The van der Waals surface area contributed by atoms with Crippen LogP contribution in [0.15, 0.2) is 48.5 Å². The van der Waals surface area contributed by atoms with Gasteiger partial charge in [0.25, 0.3) is 0 Å². The van der Waals surface area contributed by atoms with Crippen LogP contribution in [-0.2, 0) is 19.4 Å². The highest BCUT2D eigenvalue weighted by Gasteiger charge is 2.14. The van der Waals surface area contributed by atoms with E-state index in [-0.39, 0.29) is 5.95 Å². The van der Waals surface area contributed by atoms with Gasteiger partial charge in [-0.2, -0.15) is 5.26 Å². The van der Waals surface area contributed by atoms with Gasteiger partial charge in [-0.3, -0.25) is 0 Å². The number of nitrogen functional groups attached to an aromatic ring is 1. The molecule has 5 nitrogen and oxygen atoms in total. The SMILES string of the molecule is Cc1nc(N)nc(Cl)c1Cc1ccc(CC#N)cc1OCc1ccccc1. The highest BCUT2D eigenvalue weighted by Crippen LogP contribution is 2.28. The van der Waals surface area contributed by atoms with Crippen molar-refractivity contribution in [1.82, 2.24) is 9.97 Å². The van der Waals surface area contributed by atoms with Gasteiger partial charge in [-0.25, -0.2) is 9.97 Å². The second-order valence-electron chi connectivity index (χ2n) is 6.16. The average molecular weight is 379 g/mol. The smallest absolute Gasteiger partial charge is 0.221 e. The zero-order chi connectivity index (χ0) is 19.2. The van der Waals surface area contributed by atoms with Crippen LogP contribution in [0.3, 0.4) is 0 Å². The molecule has 0 aliphatic rings. The van der Waals surface area contributed by atoms with Crippen molar-refractivity contribution in [1.29, 1.82) is 5.26 Å². The van der Waals surface area contributed by atoms with E-state index in [0.29, 0.717) is 24.6 Å². The van der Waals surface area contributed by atoms with Crippen LogP contribution in [0.1, 0.15) is 27.9 Å². The molecule has 3 rings (SSSR count). The summed E-state index contributed by atoms with van der Waals surface area (Å²) in [6.45, 7) is 2.29. The second kappa shape index (κ2) is 8.52. The molecule has 1 heterocycles. The Bertz CT molecular complexity index is 960. The Hall–Kier alpha value is -3.10. The molecule has 0 unspecified atom stereocenters. The van der Waals surface area contributed by atoms with Gasteiger partial charge in [0.15, 0.2) is 0 Å². The van der Waals surface area contributed by atoms with Crippen molar-refractivity contribution in [3.05, 3.63) is 81.6 Å². The summed E-state index contributed by atoms with van der Waals surface area (Å²) in [5, 5.41) is 9.33. The minimum absolute atomic E-state index is 0.158. The molecule has 2 aromatic carbocycles. The first-order valence-electron chi connectivity index (χ1n) is 8.50. The van der Waals surface area contributed by atoms with Crippen LogP contribution in [0.4, 0.5) is 5.95 Å². The van der Waals surface area contributed by atoms with Crippen LogP contribution < -0.4 is 10.5 Å². The topological polar surface area (TPSA) is 84.8 Å².